The molecule has 0 fully saturated rings. The lowest BCUT2D eigenvalue weighted by Gasteiger charge is -1.96. The van der Waals surface area contributed by atoms with Crippen LogP contribution in [0.1, 0.15) is 66.5 Å². The smallest absolute Gasteiger partial charge is 0.124 e. The van der Waals surface area contributed by atoms with Gasteiger partial charge in [0.05, 0.1) is 11.4 Å². The number of aliphatic hydroxyl groups is 4. The normalized spacial score (nSPS) is 9.67. The molecule has 0 aliphatic carbocycles. The van der Waals surface area contributed by atoms with Crippen molar-refractivity contribution in [3.8, 4) is 11.5 Å². The first-order valence-electron chi connectivity index (χ1n) is 15.1. The first-order valence-corrected chi connectivity index (χ1v) is 15.1. The van der Waals surface area contributed by atoms with E-state index in [2.05, 4.69) is 9.98 Å². The van der Waals surface area contributed by atoms with Crippen LogP contribution in [-0.2, 0) is 0 Å². The zero-order valence-electron chi connectivity index (χ0n) is 29.6. The summed E-state index contributed by atoms with van der Waals surface area (Å²) in [5, 5.41) is 51.2. The fourth-order valence-electron chi connectivity index (χ4n) is 2.51. The van der Waals surface area contributed by atoms with Gasteiger partial charge in [-0.05, 0) is 104 Å². The van der Waals surface area contributed by atoms with Crippen molar-refractivity contribution in [1.82, 2.24) is 0 Å². The van der Waals surface area contributed by atoms with Crippen LogP contribution >= 0.6 is 0 Å². The number of phenolic OH excluding ortho intramolecular Hbond substituents is 2. The summed E-state index contributed by atoms with van der Waals surface area (Å²) in [7, 11) is 0. The monoisotopic (exact) mass is 688 g/mol. The molecule has 0 aliphatic heterocycles. The Morgan fingerprint density at radius 2 is 0.604 bits per heavy atom. The Balaban J connectivity index is -0.000000273. The molecular weight excluding hydrogens is 634 g/mol. The summed E-state index contributed by atoms with van der Waals surface area (Å²) in [5.41, 5.74) is 3.20. The minimum atomic E-state index is -0.167. The molecule has 258 valence electrons. The second kappa shape index (κ2) is 33.6. The Morgan fingerprint density at radius 3 is 0.833 bits per heavy atom. The molecule has 4 aromatic rings. The van der Waals surface area contributed by atoms with E-state index >= 15 is 0 Å². The fraction of sp³-hybridized carbons (Fsp3) is 0.316. The van der Waals surface area contributed by atoms with Crippen molar-refractivity contribution >= 4 is 58.5 Å². The van der Waals surface area contributed by atoms with E-state index < -0.39 is 0 Å². The van der Waals surface area contributed by atoms with Gasteiger partial charge in [-0.2, -0.15) is 0 Å². The maximum absolute atomic E-state index is 9.50. The van der Waals surface area contributed by atoms with Crippen LogP contribution in [0.15, 0.2) is 119 Å². The highest BCUT2D eigenvalue weighted by atomic mass is 27.0. The molecule has 48 heavy (non-hydrogen) atoms. The van der Waals surface area contributed by atoms with E-state index in [4.69, 9.17) is 20.4 Å². The predicted octanol–water partition coefficient (Wildman–Crippen LogP) is 7.07. The van der Waals surface area contributed by atoms with Crippen molar-refractivity contribution < 1.29 is 30.6 Å². The lowest BCUT2D eigenvalue weighted by atomic mass is 10.2. The third-order valence-corrected chi connectivity index (χ3v) is 4.09. The molecule has 0 amide bonds. The van der Waals surface area contributed by atoms with Crippen LogP contribution in [0.25, 0.3) is 0 Å². The van der Waals surface area contributed by atoms with Crippen molar-refractivity contribution in [3.05, 3.63) is 120 Å². The van der Waals surface area contributed by atoms with E-state index in [0.717, 1.165) is 22.5 Å². The van der Waals surface area contributed by atoms with Gasteiger partial charge in [-0.3, -0.25) is 9.98 Å². The number of phenols is 2. The van der Waals surface area contributed by atoms with Crippen LogP contribution in [-0.4, -0.2) is 102 Å². The number of nitrogens with zero attached hydrogens (tertiary/aromatic N) is 2. The van der Waals surface area contributed by atoms with Crippen LogP contribution in [0.2, 0.25) is 0 Å². The van der Waals surface area contributed by atoms with Gasteiger partial charge in [-0.1, -0.05) is 60.7 Å². The van der Waals surface area contributed by atoms with Crippen LogP contribution in [0.4, 0.5) is 11.4 Å². The van der Waals surface area contributed by atoms with E-state index in [1.165, 1.54) is 0 Å². The van der Waals surface area contributed by atoms with Crippen LogP contribution in [0.5, 0.6) is 11.5 Å². The molecule has 0 bridgehead atoms. The standard InChI is InChI=1S/2C13H11NO.4C3H8O.2Al/c2*15-13-9-5-4-6-11(13)10-14-12-7-2-1-3-8-12;4*1-3(2)4;;/h2*1-10,15H;4*3-4H,1-2H3;;. The van der Waals surface area contributed by atoms with Gasteiger partial charge in [0.15, 0.2) is 0 Å². The number of hydrogen-bond acceptors (Lipinski definition) is 8. The Bertz CT molecular complexity index is 1200. The molecule has 4 rings (SSSR count). The second-order valence-electron chi connectivity index (χ2n) is 10.7. The molecule has 8 nitrogen and oxygen atoms in total. The lowest BCUT2D eigenvalue weighted by Crippen LogP contribution is -1.85. The molecule has 4 aromatic carbocycles. The number of aromatic hydroxyl groups is 2. The molecule has 0 saturated heterocycles. The van der Waals surface area contributed by atoms with Crippen molar-refractivity contribution in [2.45, 2.75) is 79.8 Å². The number of aliphatic imine (C=N–C) groups is 2. The zero-order chi connectivity index (χ0) is 35.3. The average Bonchev–Trinajstić information content (AvgIpc) is 2.97. The summed E-state index contributed by atoms with van der Waals surface area (Å²) in [6.07, 6.45) is 2.65. The van der Waals surface area contributed by atoms with Gasteiger partial charge in [-0.15, -0.1) is 0 Å². The predicted molar refractivity (Wildman–Crippen MR) is 205 cm³/mol. The topological polar surface area (TPSA) is 146 Å². The van der Waals surface area contributed by atoms with Gasteiger partial charge < -0.3 is 30.6 Å². The van der Waals surface area contributed by atoms with Gasteiger partial charge in [0.2, 0.25) is 0 Å². The number of para-hydroxylation sites is 4. The summed E-state index contributed by atoms with van der Waals surface area (Å²) in [6.45, 7) is 13.8. The third kappa shape index (κ3) is 37.2. The molecular formula is C38H54Al2N2O6. The Morgan fingerprint density at radius 1 is 0.396 bits per heavy atom. The van der Waals surface area contributed by atoms with Crippen molar-refractivity contribution in [2.24, 2.45) is 9.98 Å². The van der Waals surface area contributed by atoms with Gasteiger partial charge in [0.25, 0.3) is 0 Å². The molecule has 10 heteroatoms. The van der Waals surface area contributed by atoms with Crippen molar-refractivity contribution in [3.63, 3.8) is 0 Å². The largest absolute Gasteiger partial charge is 0.507 e. The molecule has 0 aliphatic rings. The highest BCUT2D eigenvalue weighted by molar-refractivity contribution is 5.85. The third-order valence-electron chi connectivity index (χ3n) is 4.09. The minimum absolute atomic E-state index is 0. The Kier molecular flexibility index (Phi) is 36.1. The van der Waals surface area contributed by atoms with E-state index in [1.807, 2.05) is 84.9 Å². The summed E-state index contributed by atoms with van der Waals surface area (Å²) < 4.78 is 0. The second-order valence-corrected chi connectivity index (χ2v) is 10.7. The first kappa shape index (κ1) is 51.6. The first-order chi connectivity index (χ1) is 21.6. The van der Waals surface area contributed by atoms with Gasteiger partial charge in [0.1, 0.15) is 11.5 Å². The van der Waals surface area contributed by atoms with Gasteiger partial charge in [0, 0.05) is 82.7 Å². The molecule has 0 atom stereocenters. The number of hydrogen-bond donors (Lipinski definition) is 6. The number of aliphatic hydroxyl groups excluding tert-OH is 4. The van der Waals surface area contributed by atoms with E-state index in [1.54, 1.807) is 92.1 Å². The Labute approximate surface area is 309 Å². The summed E-state index contributed by atoms with van der Waals surface area (Å²) >= 11 is 0. The molecule has 0 saturated carbocycles. The highest BCUT2D eigenvalue weighted by Gasteiger charge is 1.95. The maximum atomic E-state index is 9.50. The highest BCUT2D eigenvalue weighted by Crippen LogP contribution is 2.16. The van der Waals surface area contributed by atoms with Crippen LogP contribution < -0.4 is 0 Å². The Hall–Kier alpha value is -3.28. The fourth-order valence-corrected chi connectivity index (χ4v) is 2.51. The SMILES string of the molecule is CC(C)O.CC(C)O.CC(C)O.CC(C)O.Oc1ccccc1C=Nc1ccccc1.Oc1ccccc1C=Nc1ccccc1.[Al].[Al]. The van der Waals surface area contributed by atoms with Gasteiger partial charge >= 0.3 is 0 Å². The molecule has 0 spiro atoms. The average molecular weight is 689 g/mol. The van der Waals surface area contributed by atoms with Crippen LogP contribution in [0, 0.1) is 0 Å². The maximum Gasteiger partial charge on any atom is 0.124 e. The molecule has 0 heterocycles. The summed E-state index contributed by atoms with van der Waals surface area (Å²) in [6, 6.07) is 33.5. The number of rotatable bonds is 4. The molecule has 0 unspecified atom stereocenters. The molecule has 6 radical (unpaired) electrons. The van der Waals surface area contributed by atoms with Crippen molar-refractivity contribution in [1.29, 1.82) is 0 Å². The van der Waals surface area contributed by atoms with Crippen molar-refractivity contribution in [2.75, 3.05) is 0 Å². The minimum Gasteiger partial charge on any atom is -0.507 e. The summed E-state index contributed by atoms with van der Waals surface area (Å²) in [5.74, 6) is 0.495. The van der Waals surface area contributed by atoms with Gasteiger partial charge in [-0.25, -0.2) is 0 Å². The van der Waals surface area contributed by atoms with E-state index in [0.29, 0.717) is 0 Å². The quantitative estimate of drug-likeness (QED) is 0.0999. The lowest BCUT2D eigenvalue weighted by molar-refractivity contribution is 0.215. The molecule has 6 N–H and O–H groups in total. The van der Waals surface area contributed by atoms with E-state index in [9.17, 15) is 10.2 Å². The molecule has 0 aromatic heterocycles. The zero-order valence-corrected chi connectivity index (χ0v) is 31.9. The van der Waals surface area contributed by atoms with Crippen LogP contribution in [0.3, 0.4) is 0 Å². The van der Waals surface area contributed by atoms with E-state index in [-0.39, 0.29) is 70.6 Å². The number of benzene rings is 4. The summed E-state index contributed by atoms with van der Waals surface area (Å²) in [4.78, 5) is 8.50.